The summed E-state index contributed by atoms with van der Waals surface area (Å²) in [5, 5.41) is 9.12. The van der Waals surface area contributed by atoms with Crippen LogP contribution in [0.4, 0.5) is 13.2 Å². The van der Waals surface area contributed by atoms with E-state index in [-0.39, 0.29) is 36.0 Å². The standard InChI is InChI=1S/C36H40F3N7O8S/c1-20-16-26(44-54-20)29(47)41-25-13-7-5-3-4-6-10-21-18-35(21,33(50)45-55(51,52)34(2)14-15-34)43-30(48)27-17-22(19-46(27)32(25)49)53-31-28(36(37,38)39)40-23-11-8-9-12-24(23)42-31/h6,8-12,16,21-22,25,27H,3-5,7,13-15,17-19H2,1-2H3,(H,41,47)(H,43,48)(H,45,50)/b10-6-/t21-,22-,25+,27+,35-/m1/s1. The minimum atomic E-state index is -4.97. The summed E-state index contributed by atoms with van der Waals surface area (Å²) < 4.78 is 80.9. The summed E-state index contributed by atoms with van der Waals surface area (Å²) in [7, 11) is -4.09. The average molecular weight is 788 g/mol. The summed E-state index contributed by atoms with van der Waals surface area (Å²) in [4.78, 5) is 64.7. The first-order valence-electron chi connectivity index (χ1n) is 18.1. The second-order valence-electron chi connectivity index (χ2n) is 14.9. The van der Waals surface area contributed by atoms with E-state index >= 15 is 0 Å². The molecule has 5 atom stereocenters. The van der Waals surface area contributed by atoms with Crippen molar-refractivity contribution in [1.29, 1.82) is 0 Å². The summed E-state index contributed by atoms with van der Waals surface area (Å²) in [6, 6.07) is 4.70. The van der Waals surface area contributed by atoms with Gasteiger partial charge in [0.1, 0.15) is 29.5 Å². The molecule has 15 nitrogen and oxygen atoms in total. The number of aryl methyl sites for hydroxylation is 1. The fourth-order valence-corrected chi connectivity index (χ4v) is 8.37. The highest BCUT2D eigenvalue weighted by Gasteiger charge is 2.63. The molecule has 0 unspecified atom stereocenters. The minimum Gasteiger partial charge on any atom is -0.471 e. The molecule has 19 heteroatoms. The van der Waals surface area contributed by atoms with Gasteiger partial charge >= 0.3 is 6.18 Å². The smallest absolute Gasteiger partial charge is 0.438 e. The molecule has 2 saturated carbocycles. The second-order valence-corrected chi connectivity index (χ2v) is 17.1. The average Bonchev–Trinajstić information content (AvgIpc) is 3.93. The number of hydrogen-bond acceptors (Lipinski definition) is 11. The summed E-state index contributed by atoms with van der Waals surface area (Å²) in [5.74, 6) is -4.27. The van der Waals surface area contributed by atoms with Crippen molar-refractivity contribution in [3.05, 3.63) is 59.6 Å². The maximum absolute atomic E-state index is 14.4. The van der Waals surface area contributed by atoms with Crippen LogP contribution >= 0.6 is 0 Å². The number of para-hydroxylation sites is 2. The number of allylic oxidation sites excluding steroid dienone is 1. The van der Waals surface area contributed by atoms with E-state index in [0.717, 1.165) is 4.90 Å². The molecule has 7 rings (SSSR count). The predicted octanol–water partition coefficient (Wildman–Crippen LogP) is 3.49. The molecule has 4 amide bonds. The third-order valence-corrected chi connectivity index (χ3v) is 12.9. The fourth-order valence-electron chi connectivity index (χ4n) is 7.06. The van der Waals surface area contributed by atoms with Gasteiger partial charge < -0.3 is 24.8 Å². The monoisotopic (exact) mass is 787 g/mol. The number of nitrogens with one attached hydrogen (secondary N) is 3. The number of rotatable bonds is 7. The van der Waals surface area contributed by atoms with Crippen LogP contribution in [0.15, 0.2) is 47.0 Å². The van der Waals surface area contributed by atoms with Gasteiger partial charge in [0, 0.05) is 18.4 Å². The minimum absolute atomic E-state index is 0.0222. The van der Waals surface area contributed by atoms with Crippen molar-refractivity contribution in [2.45, 2.75) is 106 Å². The van der Waals surface area contributed by atoms with E-state index in [1.807, 2.05) is 6.08 Å². The molecule has 294 valence electrons. The molecule has 1 aromatic carbocycles. The van der Waals surface area contributed by atoms with E-state index < -0.39 is 92.3 Å². The quantitative estimate of drug-likeness (QED) is 0.296. The number of halogens is 3. The number of amides is 4. The van der Waals surface area contributed by atoms with Crippen molar-refractivity contribution < 1.29 is 50.0 Å². The normalized spacial score (nSPS) is 27.5. The Kier molecular flexibility index (Phi) is 9.88. The Bertz CT molecular complexity index is 2170. The number of alkyl halides is 3. The van der Waals surface area contributed by atoms with Crippen LogP contribution in [0.25, 0.3) is 11.0 Å². The topological polar surface area (TPSA) is 203 Å². The number of carbonyl (C=O) groups is 4. The van der Waals surface area contributed by atoms with E-state index in [9.17, 15) is 40.8 Å². The third-order valence-electron chi connectivity index (χ3n) is 10.7. The predicted molar refractivity (Wildman–Crippen MR) is 187 cm³/mol. The first-order valence-corrected chi connectivity index (χ1v) is 19.6. The highest BCUT2D eigenvalue weighted by atomic mass is 32.2. The van der Waals surface area contributed by atoms with Crippen LogP contribution in [0.3, 0.4) is 0 Å². The van der Waals surface area contributed by atoms with Gasteiger partial charge in [-0.1, -0.05) is 42.3 Å². The van der Waals surface area contributed by atoms with E-state index in [0.29, 0.717) is 44.3 Å². The molecule has 0 radical (unpaired) electrons. The molecule has 2 aliphatic heterocycles. The zero-order valence-corrected chi connectivity index (χ0v) is 30.8. The summed E-state index contributed by atoms with van der Waals surface area (Å²) in [5.41, 5.74) is -3.06. The van der Waals surface area contributed by atoms with Crippen LogP contribution in [0.2, 0.25) is 0 Å². The third kappa shape index (κ3) is 7.75. The molecule has 4 heterocycles. The summed E-state index contributed by atoms with van der Waals surface area (Å²) in [6.45, 7) is 2.71. The van der Waals surface area contributed by atoms with Crippen LogP contribution < -0.4 is 20.1 Å². The first kappa shape index (κ1) is 38.2. The maximum atomic E-state index is 14.4. The fraction of sp³-hybridized carbons (Fsp3) is 0.528. The number of sulfonamides is 1. The Balaban J connectivity index is 1.22. The molecule has 3 aromatic rings. The number of carbonyl (C=O) groups excluding carboxylic acids is 4. The molecular weight excluding hydrogens is 747 g/mol. The van der Waals surface area contributed by atoms with Crippen molar-refractivity contribution in [2.75, 3.05) is 6.54 Å². The van der Waals surface area contributed by atoms with Crippen LogP contribution in [-0.2, 0) is 30.6 Å². The largest absolute Gasteiger partial charge is 0.471 e. The van der Waals surface area contributed by atoms with Crippen LogP contribution in [0, 0.1) is 12.8 Å². The van der Waals surface area contributed by atoms with Crippen molar-refractivity contribution >= 4 is 44.7 Å². The maximum Gasteiger partial charge on any atom is 0.438 e. The number of fused-ring (bicyclic) bond motifs is 3. The molecule has 1 saturated heterocycles. The highest BCUT2D eigenvalue weighted by molar-refractivity contribution is 7.91. The number of benzene rings is 1. The van der Waals surface area contributed by atoms with E-state index in [4.69, 9.17) is 9.26 Å². The molecule has 2 aliphatic carbocycles. The SMILES string of the molecule is Cc1cc(C(=O)N[C@H]2CCCCC/C=C\[C@@H]3C[C@@]3(C(=O)NS(=O)(=O)C3(C)CC3)NC(=O)[C@@H]3C[C@@H](Oc4nc5ccccc5nc4C(F)(F)F)CN3C2=O)no1. The van der Waals surface area contributed by atoms with Gasteiger partial charge in [0.15, 0.2) is 5.69 Å². The van der Waals surface area contributed by atoms with Gasteiger partial charge in [-0.15, -0.1) is 0 Å². The Morgan fingerprint density at radius 3 is 2.49 bits per heavy atom. The zero-order valence-electron chi connectivity index (χ0n) is 30.0. The number of aromatic nitrogens is 3. The van der Waals surface area contributed by atoms with E-state index in [2.05, 4.69) is 30.5 Å². The summed E-state index contributed by atoms with van der Waals surface area (Å²) in [6.07, 6.45) is 0.477. The lowest BCUT2D eigenvalue weighted by Gasteiger charge is -2.30. The molecule has 0 spiro atoms. The van der Waals surface area contributed by atoms with Crippen LogP contribution in [-0.4, -0.2) is 87.1 Å². The molecule has 0 bridgehead atoms. The molecule has 4 aliphatic rings. The highest BCUT2D eigenvalue weighted by Crippen LogP contribution is 2.47. The molecule has 2 aromatic heterocycles. The Morgan fingerprint density at radius 2 is 1.82 bits per heavy atom. The van der Waals surface area contributed by atoms with Gasteiger partial charge in [-0.05, 0) is 64.5 Å². The number of hydrogen-bond donors (Lipinski definition) is 3. The molecule has 3 N–H and O–H groups in total. The molecule has 55 heavy (non-hydrogen) atoms. The Labute approximate surface area is 313 Å². The lowest BCUT2D eigenvalue weighted by Crippen LogP contribution is -2.58. The number of nitrogens with zero attached hydrogens (tertiary/aromatic N) is 4. The van der Waals surface area contributed by atoms with Gasteiger partial charge in [0.2, 0.25) is 33.4 Å². The van der Waals surface area contributed by atoms with Crippen LogP contribution in [0.5, 0.6) is 5.88 Å². The van der Waals surface area contributed by atoms with Crippen molar-refractivity contribution in [3.8, 4) is 5.88 Å². The molecular formula is C36H40F3N7O8S. The lowest BCUT2D eigenvalue weighted by molar-refractivity contribution is -0.143. The van der Waals surface area contributed by atoms with Gasteiger partial charge in [0.25, 0.3) is 11.8 Å². The number of ether oxygens (including phenoxy) is 1. The lowest BCUT2D eigenvalue weighted by atomic mass is 10.0. The second kappa shape index (κ2) is 14.2. The molecule has 3 fully saturated rings. The van der Waals surface area contributed by atoms with Gasteiger partial charge in [-0.25, -0.2) is 18.4 Å². The van der Waals surface area contributed by atoms with Gasteiger partial charge in [-0.3, -0.25) is 23.9 Å². The first-order chi connectivity index (χ1) is 26.0. The van der Waals surface area contributed by atoms with Crippen LogP contribution in [0.1, 0.15) is 86.7 Å². The van der Waals surface area contributed by atoms with Gasteiger partial charge in [-0.2, -0.15) is 13.2 Å². The van der Waals surface area contributed by atoms with E-state index in [1.54, 1.807) is 19.1 Å². The van der Waals surface area contributed by atoms with E-state index in [1.165, 1.54) is 31.2 Å². The van der Waals surface area contributed by atoms with Crippen molar-refractivity contribution in [2.24, 2.45) is 5.92 Å². The zero-order chi connectivity index (χ0) is 39.3. The Morgan fingerprint density at radius 1 is 1.09 bits per heavy atom. The van der Waals surface area contributed by atoms with Gasteiger partial charge in [0.05, 0.1) is 22.3 Å². The Hall–Kier alpha value is -5.07. The van der Waals surface area contributed by atoms with Crippen molar-refractivity contribution in [3.63, 3.8) is 0 Å². The summed E-state index contributed by atoms with van der Waals surface area (Å²) >= 11 is 0. The van der Waals surface area contributed by atoms with Crippen molar-refractivity contribution in [1.82, 2.24) is 35.4 Å².